The quantitative estimate of drug-likeness (QED) is 0.161. The molecule has 0 heterocycles. The second kappa shape index (κ2) is 14.7. The molecule has 0 aromatic heterocycles. The molecule has 1 saturated carbocycles. The van der Waals surface area contributed by atoms with Crippen LogP contribution in [0.3, 0.4) is 0 Å². The lowest BCUT2D eigenvalue weighted by molar-refractivity contribution is 0.513. The van der Waals surface area contributed by atoms with Crippen LogP contribution in [0.5, 0.6) is 0 Å². The third-order valence-electron chi connectivity index (χ3n) is 9.56. The Morgan fingerprint density at radius 2 is 1.07 bits per heavy atom. The summed E-state index contributed by atoms with van der Waals surface area (Å²) in [6.07, 6.45) is 6.80. The first-order chi connectivity index (χ1) is 21.5. The fourth-order valence-corrected chi connectivity index (χ4v) is 13.6. The average molecular weight is 635 g/mol. The van der Waals surface area contributed by atoms with E-state index in [2.05, 4.69) is 153 Å². The average Bonchev–Trinajstić information content (AvgIpc) is 3.01. The van der Waals surface area contributed by atoms with Crippen molar-refractivity contribution in [1.29, 1.82) is 0 Å². The lowest BCUT2D eigenvalue weighted by atomic mass is 9.81. The van der Waals surface area contributed by atoms with E-state index >= 15 is 0 Å². The van der Waals surface area contributed by atoms with Crippen LogP contribution >= 0.6 is 15.8 Å². The molecule has 4 aromatic carbocycles. The lowest BCUT2D eigenvalue weighted by Crippen LogP contribution is -2.32. The first-order valence-corrected chi connectivity index (χ1v) is 20.2. The minimum Gasteiger partial charge on any atom is -0.0622 e. The summed E-state index contributed by atoms with van der Waals surface area (Å²) < 4.78 is 0. The Hall–Kier alpha value is -2.26. The molecular weight excluding hydrogens is 578 g/mol. The third kappa shape index (κ3) is 7.50. The summed E-state index contributed by atoms with van der Waals surface area (Å²) in [5.41, 5.74) is 8.38. The maximum absolute atomic E-state index is 2.57. The van der Waals surface area contributed by atoms with E-state index in [9.17, 15) is 0 Å². The zero-order valence-corrected chi connectivity index (χ0v) is 31.2. The van der Waals surface area contributed by atoms with Crippen LogP contribution in [0.15, 0.2) is 91.0 Å². The van der Waals surface area contributed by atoms with E-state index in [0.29, 0.717) is 17.8 Å². The van der Waals surface area contributed by atoms with Crippen molar-refractivity contribution in [2.75, 3.05) is 0 Å². The van der Waals surface area contributed by atoms with E-state index in [4.69, 9.17) is 0 Å². The number of hydrogen-bond acceptors (Lipinski definition) is 0. The second-order valence-electron chi connectivity index (χ2n) is 15.0. The highest BCUT2D eigenvalue weighted by Gasteiger charge is 2.36. The largest absolute Gasteiger partial charge is 0.0622 e. The molecule has 45 heavy (non-hydrogen) atoms. The van der Waals surface area contributed by atoms with Gasteiger partial charge in [0.25, 0.3) is 0 Å². The first kappa shape index (κ1) is 34.1. The molecule has 2 unspecified atom stereocenters. The molecule has 4 aromatic rings. The Balaban J connectivity index is 1.95. The van der Waals surface area contributed by atoms with Crippen LogP contribution in [-0.4, -0.2) is 10.8 Å². The van der Waals surface area contributed by atoms with Crippen LogP contribution in [0, 0.1) is 0 Å². The highest BCUT2D eigenvalue weighted by atomic mass is 31.1. The summed E-state index contributed by atoms with van der Waals surface area (Å²) in [7, 11) is -1.17. The van der Waals surface area contributed by atoms with Gasteiger partial charge in [0.2, 0.25) is 0 Å². The summed E-state index contributed by atoms with van der Waals surface area (Å²) in [6.45, 7) is 21.8. The van der Waals surface area contributed by atoms with Crippen LogP contribution in [0.4, 0.5) is 0 Å². The van der Waals surface area contributed by atoms with Gasteiger partial charge in [-0.05, 0) is 106 Å². The monoisotopic (exact) mass is 634 g/mol. The molecule has 0 radical (unpaired) electrons. The molecule has 1 fully saturated rings. The Bertz CT molecular complexity index is 1510. The van der Waals surface area contributed by atoms with Gasteiger partial charge in [-0.1, -0.05) is 173 Å². The molecule has 2 heteroatoms. The molecule has 1 aliphatic carbocycles. The van der Waals surface area contributed by atoms with Gasteiger partial charge in [-0.3, -0.25) is 0 Å². The summed E-state index contributed by atoms with van der Waals surface area (Å²) in [6, 6.07) is 35.7. The summed E-state index contributed by atoms with van der Waals surface area (Å²) >= 11 is 0. The minimum absolute atomic E-state index is 0.109. The molecule has 5 rings (SSSR count). The standard InChI is InChI=1S/C43H56P2/c1-30(2)33-28-37(31(3)4)41(38(29-33)32(5)6)42-39(44(34-20-13-10-14-21-34)35-22-15-11-16-23-35)26-19-27-40(42)45(43(7,8)9)36-24-17-12-18-25-36/h10,12-14,17-21,24-32,35H,11,15-16,22-23H2,1-9H3. The van der Waals surface area contributed by atoms with Crippen molar-refractivity contribution in [1.82, 2.24) is 0 Å². The second-order valence-corrected chi connectivity index (χ2v) is 20.5. The van der Waals surface area contributed by atoms with Gasteiger partial charge in [-0.2, -0.15) is 0 Å². The molecule has 0 bridgehead atoms. The summed E-state index contributed by atoms with van der Waals surface area (Å²) in [5.74, 6) is 1.38. The van der Waals surface area contributed by atoms with E-state index < -0.39 is 15.8 Å². The van der Waals surface area contributed by atoms with Crippen molar-refractivity contribution in [3.05, 3.63) is 108 Å². The number of hydrogen-bond donors (Lipinski definition) is 0. The molecular formula is C43H56P2. The number of benzene rings is 4. The number of rotatable bonds is 9. The minimum atomic E-state index is -0.637. The fourth-order valence-electron chi connectivity index (χ4n) is 7.36. The third-order valence-corrected chi connectivity index (χ3v) is 15.6. The van der Waals surface area contributed by atoms with E-state index in [0.717, 1.165) is 5.66 Å². The predicted octanol–water partition coefficient (Wildman–Crippen LogP) is 11.7. The maximum Gasteiger partial charge on any atom is -0.00172 e. The van der Waals surface area contributed by atoms with Gasteiger partial charge in [0.1, 0.15) is 0 Å². The summed E-state index contributed by atoms with van der Waals surface area (Å²) in [5, 5.41) is 6.33. The Morgan fingerprint density at radius 3 is 1.56 bits per heavy atom. The van der Waals surface area contributed by atoms with E-state index in [-0.39, 0.29) is 5.16 Å². The van der Waals surface area contributed by atoms with Crippen LogP contribution in [0.25, 0.3) is 11.1 Å². The Kier molecular flexibility index (Phi) is 11.1. The zero-order chi connectivity index (χ0) is 32.3. The zero-order valence-electron chi connectivity index (χ0n) is 29.4. The fraction of sp³-hybridized carbons (Fsp3) is 0.442. The predicted molar refractivity (Wildman–Crippen MR) is 206 cm³/mol. The smallest absolute Gasteiger partial charge is 0.00172 e. The first-order valence-electron chi connectivity index (χ1n) is 17.5. The van der Waals surface area contributed by atoms with Gasteiger partial charge < -0.3 is 0 Å². The van der Waals surface area contributed by atoms with Crippen molar-refractivity contribution in [2.45, 2.75) is 123 Å². The van der Waals surface area contributed by atoms with Crippen molar-refractivity contribution >= 4 is 37.1 Å². The van der Waals surface area contributed by atoms with Gasteiger partial charge in [0.05, 0.1) is 0 Å². The van der Waals surface area contributed by atoms with Gasteiger partial charge in [0.15, 0.2) is 0 Å². The molecule has 0 saturated heterocycles. The van der Waals surface area contributed by atoms with Crippen LogP contribution in [0.2, 0.25) is 0 Å². The van der Waals surface area contributed by atoms with Gasteiger partial charge >= 0.3 is 0 Å². The molecule has 1 aliphatic rings. The van der Waals surface area contributed by atoms with Crippen molar-refractivity contribution < 1.29 is 0 Å². The maximum atomic E-state index is 2.57. The van der Waals surface area contributed by atoms with Crippen LogP contribution in [-0.2, 0) is 0 Å². The van der Waals surface area contributed by atoms with Crippen LogP contribution in [0.1, 0.15) is 129 Å². The summed E-state index contributed by atoms with van der Waals surface area (Å²) in [4.78, 5) is 0. The molecule has 0 N–H and O–H groups in total. The normalized spacial score (nSPS) is 16.0. The Labute approximate surface area is 278 Å². The molecule has 0 aliphatic heterocycles. The van der Waals surface area contributed by atoms with E-state index in [1.807, 2.05) is 0 Å². The topological polar surface area (TPSA) is 0 Å². The highest BCUT2D eigenvalue weighted by molar-refractivity contribution is 7.76. The van der Waals surface area contributed by atoms with E-state index in [1.165, 1.54) is 54.1 Å². The molecule has 238 valence electrons. The van der Waals surface area contributed by atoms with Gasteiger partial charge in [-0.25, -0.2) is 0 Å². The lowest BCUT2D eigenvalue weighted by Gasteiger charge is -2.38. The van der Waals surface area contributed by atoms with Gasteiger partial charge in [0, 0.05) is 0 Å². The van der Waals surface area contributed by atoms with Gasteiger partial charge in [-0.15, -0.1) is 0 Å². The van der Waals surface area contributed by atoms with Crippen molar-refractivity contribution in [3.63, 3.8) is 0 Å². The van der Waals surface area contributed by atoms with Crippen molar-refractivity contribution in [3.8, 4) is 11.1 Å². The molecule has 0 nitrogen and oxygen atoms in total. The Morgan fingerprint density at radius 1 is 0.556 bits per heavy atom. The van der Waals surface area contributed by atoms with E-state index in [1.54, 1.807) is 27.0 Å². The molecule has 0 amide bonds. The van der Waals surface area contributed by atoms with Crippen LogP contribution < -0.4 is 21.2 Å². The molecule has 0 spiro atoms. The highest BCUT2D eigenvalue weighted by Crippen LogP contribution is 2.54. The van der Waals surface area contributed by atoms with Crippen molar-refractivity contribution in [2.24, 2.45) is 0 Å². The molecule has 2 atom stereocenters. The SMILES string of the molecule is CC(C)c1cc(C(C)C)c(-c2c(P(c3ccccc3)C3CCCCC3)cccc2P(c2ccccc2)C(C)(C)C)c(C(C)C)c1.